The second-order valence-electron chi connectivity index (χ2n) is 5.82. The summed E-state index contributed by atoms with van der Waals surface area (Å²) in [5.74, 6) is 2.44. The number of rotatable bonds is 2. The molecule has 3 unspecified atom stereocenters. The summed E-state index contributed by atoms with van der Waals surface area (Å²) in [7, 11) is 0. The zero-order valence-corrected chi connectivity index (χ0v) is 12.1. The van der Waals surface area contributed by atoms with Crippen LogP contribution in [0, 0.1) is 5.92 Å². The number of benzene rings is 1. The minimum absolute atomic E-state index is 0.724. The van der Waals surface area contributed by atoms with Crippen molar-refractivity contribution in [2.45, 2.75) is 55.7 Å². The van der Waals surface area contributed by atoms with Crippen LogP contribution < -0.4 is 0 Å². The van der Waals surface area contributed by atoms with Crippen molar-refractivity contribution in [1.82, 2.24) is 0 Å². The van der Waals surface area contributed by atoms with Gasteiger partial charge in [-0.3, -0.25) is 0 Å². The molecule has 0 radical (unpaired) electrons. The van der Waals surface area contributed by atoms with E-state index in [0.717, 1.165) is 22.6 Å². The molecule has 0 aliphatic heterocycles. The molecule has 0 aromatic heterocycles. The van der Waals surface area contributed by atoms with Gasteiger partial charge in [-0.2, -0.15) is 0 Å². The average molecular weight is 293 g/mol. The lowest BCUT2D eigenvalue weighted by molar-refractivity contribution is 0.411. The highest BCUT2D eigenvalue weighted by Crippen LogP contribution is 2.47. The van der Waals surface area contributed by atoms with Crippen LogP contribution >= 0.6 is 15.9 Å². The zero-order chi connectivity index (χ0) is 11.8. The Hall–Kier alpha value is -0.300. The van der Waals surface area contributed by atoms with Gasteiger partial charge in [-0.25, -0.2) is 0 Å². The molecule has 2 aliphatic carbocycles. The van der Waals surface area contributed by atoms with E-state index in [2.05, 4.69) is 47.1 Å². The molecule has 3 atom stereocenters. The highest BCUT2D eigenvalue weighted by molar-refractivity contribution is 9.09. The molecule has 2 aliphatic rings. The third kappa shape index (κ3) is 2.07. The van der Waals surface area contributed by atoms with Crippen molar-refractivity contribution in [3.63, 3.8) is 0 Å². The lowest BCUT2D eigenvalue weighted by Crippen LogP contribution is -2.15. The van der Waals surface area contributed by atoms with Gasteiger partial charge in [0.05, 0.1) is 0 Å². The van der Waals surface area contributed by atoms with E-state index in [-0.39, 0.29) is 0 Å². The van der Waals surface area contributed by atoms with Gasteiger partial charge in [-0.1, -0.05) is 53.5 Å². The topological polar surface area (TPSA) is 0 Å². The normalized spacial score (nSPS) is 33.6. The predicted molar refractivity (Wildman–Crippen MR) is 76.9 cm³/mol. The summed E-state index contributed by atoms with van der Waals surface area (Å²) in [6.45, 7) is 2.41. The first kappa shape index (κ1) is 11.8. The van der Waals surface area contributed by atoms with Crippen molar-refractivity contribution in [2.24, 2.45) is 5.92 Å². The van der Waals surface area contributed by atoms with Gasteiger partial charge in [-0.05, 0) is 54.6 Å². The third-order valence-electron chi connectivity index (χ3n) is 4.90. The lowest BCUT2D eigenvalue weighted by Gasteiger charge is -2.30. The molecule has 0 bridgehead atoms. The van der Waals surface area contributed by atoms with Gasteiger partial charge in [0.1, 0.15) is 0 Å². The van der Waals surface area contributed by atoms with E-state index in [9.17, 15) is 0 Å². The van der Waals surface area contributed by atoms with Crippen molar-refractivity contribution >= 4 is 15.9 Å². The molecule has 17 heavy (non-hydrogen) atoms. The molecular formula is C16H21Br. The zero-order valence-electron chi connectivity index (χ0n) is 10.5. The summed E-state index contributed by atoms with van der Waals surface area (Å²) in [5.41, 5.74) is 3.32. The van der Waals surface area contributed by atoms with E-state index in [0.29, 0.717) is 0 Å². The molecular weight excluding hydrogens is 272 g/mol. The number of alkyl halides is 1. The molecule has 92 valence electrons. The lowest BCUT2D eigenvalue weighted by atomic mass is 9.75. The van der Waals surface area contributed by atoms with E-state index in [1.807, 2.05) is 0 Å². The average Bonchev–Trinajstić information content (AvgIpc) is 2.59. The fourth-order valence-electron chi connectivity index (χ4n) is 3.49. The van der Waals surface area contributed by atoms with Gasteiger partial charge >= 0.3 is 0 Å². The Kier molecular flexibility index (Phi) is 3.30. The Balaban J connectivity index is 1.91. The largest absolute Gasteiger partial charge is 0.0888 e. The van der Waals surface area contributed by atoms with Crippen molar-refractivity contribution in [2.75, 3.05) is 0 Å². The molecule has 1 heteroatoms. The van der Waals surface area contributed by atoms with E-state index in [1.54, 1.807) is 11.1 Å². The van der Waals surface area contributed by atoms with Crippen molar-refractivity contribution in [1.29, 1.82) is 0 Å². The Labute approximate surface area is 113 Å². The summed E-state index contributed by atoms with van der Waals surface area (Å²) in [5, 5.41) is 0. The molecule has 0 amide bonds. The minimum atomic E-state index is 0.724. The van der Waals surface area contributed by atoms with Crippen LogP contribution in [0.25, 0.3) is 0 Å². The van der Waals surface area contributed by atoms with Crippen molar-refractivity contribution in [3.05, 3.63) is 35.4 Å². The first-order valence-corrected chi connectivity index (χ1v) is 7.92. The van der Waals surface area contributed by atoms with Gasteiger partial charge < -0.3 is 0 Å². The Bertz CT molecular complexity index is 394. The van der Waals surface area contributed by atoms with E-state index in [4.69, 9.17) is 0 Å². The van der Waals surface area contributed by atoms with Gasteiger partial charge in [0.25, 0.3) is 0 Å². The SMILES string of the molecule is CC1C(Br)CCC1c1ccccc1C1CCC1. The maximum atomic E-state index is 3.83. The molecule has 0 heterocycles. The van der Waals surface area contributed by atoms with Gasteiger partial charge in [0.2, 0.25) is 0 Å². The van der Waals surface area contributed by atoms with E-state index >= 15 is 0 Å². The van der Waals surface area contributed by atoms with Crippen LogP contribution in [-0.2, 0) is 0 Å². The summed E-state index contributed by atoms with van der Waals surface area (Å²) in [6.07, 6.45) is 6.96. The fourth-order valence-corrected chi connectivity index (χ4v) is 4.13. The third-order valence-corrected chi connectivity index (χ3v) is 6.19. The van der Waals surface area contributed by atoms with E-state index < -0.39 is 0 Å². The Morgan fingerprint density at radius 2 is 1.71 bits per heavy atom. The fraction of sp³-hybridized carbons (Fsp3) is 0.625. The first-order valence-electron chi connectivity index (χ1n) is 7.00. The summed E-state index contributed by atoms with van der Waals surface area (Å²) >= 11 is 3.83. The molecule has 0 saturated heterocycles. The van der Waals surface area contributed by atoms with Crippen molar-refractivity contribution in [3.8, 4) is 0 Å². The molecule has 3 rings (SSSR count). The van der Waals surface area contributed by atoms with Crippen LogP contribution in [0.4, 0.5) is 0 Å². The highest BCUT2D eigenvalue weighted by atomic mass is 79.9. The molecule has 0 nitrogen and oxygen atoms in total. The second-order valence-corrected chi connectivity index (χ2v) is 6.99. The van der Waals surface area contributed by atoms with Crippen LogP contribution in [0.1, 0.15) is 62.0 Å². The standard InChI is InChI=1S/C16H21Br/c1-11-13(9-10-16(11)17)15-8-3-2-7-14(15)12-5-4-6-12/h2-3,7-8,11-13,16H,4-6,9-10H2,1H3. The number of halogens is 1. The Morgan fingerprint density at radius 3 is 2.24 bits per heavy atom. The maximum absolute atomic E-state index is 3.83. The highest BCUT2D eigenvalue weighted by Gasteiger charge is 2.34. The molecule has 1 aromatic rings. The molecule has 1 aromatic carbocycles. The van der Waals surface area contributed by atoms with Crippen LogP contribution in [0.2, 0.25) is 0 Å². The summed E-state index contributed by atoms with van der Waals surface area (Å²) < 4.78 is 0. The number of hydrogen-bond donors (Lipinski definition) is 0. The number of hydrogen-bond acceptors (Lipinski definition) is 0. The molecule has 0 spiro atoms. The summed E-state index contributed by atoms with van der Waals surface area (Å²) in [4.78, 5) is 0.724. The predicted octanol–water partition coefficient (Wildman–Crippen LogP) is 5.23. The molecule has 2 saturated carbocycles. The van der Waals surface area contributed by atoms with Crippen molar-refractivity contribution < 1.29 is 0 Å². The van der Waals surface area contributed by atoms with Gasteiger partial charge in [0.15, 0.2) is 0 Å². The van der Waals surface area contributed by atoms with Crippen LogP contribution in [-0.4, -0.2) is 4.83 Å². The molecule has 0 N–H and O–H groups in total. The first-order chi connectivity index (χ1) is 8.27. The van der Waals surface area contributed by atoms with Gasteiger partial charge in [0, 0.05) is 4.83 Å². The minimum Gasteiger partial charge on any atom is -0.0888 e. The monoisotopic (exact) mass is 292 g/mol. The maximum Gasteiger partial charge on any atom is 0.0177 e. The summed E-state index contributed by atoms with van der Waals surface area (Å²) in [6, 6.07) is 9.22. The smallest absolute Gasteiger partial charge is 0.0177 e. The quantitative estimate of drug-likeness (QED) is 0.655. The Morgan fingerprint density at radius 1 is 1.00 bits per heavy atom. The second kappa shape index (κ2) is 4.76. The molecule has 2 fully saturated rings. The van der Waals surface area contributed by atoms with Crippen LogP contribution in [0.3, 0.4) is 0 Å². The van der Waals surface area contributed by atoms with Gasteiger partial charge in [-0.15, -0.1) is 0 Å². The van der Waals surface area contributed by atoms with Crippen LogP contribution in [0.5, 0.6) is 0 Å². The van der Waals surface area contributed by atoms with Crippen LogP contribution in [0.15, 0.2) is 24.3 Å². The van der Waals surface area contributed by atoms with E-state index in [1.165, 1.54) is 32.1 Å².